The monoisotopic (exact) mass is 201 g/mol. The Morgan fingerprint density at radius 1 is 1.14 bits per heavy atom. The molecule has 1 unspecified atom stereocenters. The number of aliphatic hydroxyl groups excluding tert-OH is 1. The van der Waals surface area contributed by atoms with Gasteiger partial charge in [0.05, 0.1) is 6.10 Å². The maximum atomic E-state index is 10.1. The number of rotatable bonds is 0. The van der Waals surface area contributed by atoms with Crippen molar-refractivity contribution in [1.82, 2.24) is 5.06 Å². The number of hydrogen-bond acceptors (Lipinski definition) is 3. The summed E-state index contributed by atoms with van der Waals surface area (Å²) in [5.41, 5.74) is -0.535. The molecule has 3 nitrogen and oxygen atoms in total. The van der Waals surface area contributed by atoms with Gasteiger partial charge in [-0.2, -0.15) is 5.06 Å². The van der Waals surface area contributed by atoms with Crippen molar-refractivity contribution in [3.8, 4) is 0 Å². The molecule has 84 valence electrons. The third-order valence-electron chi connectivity index (χ3n) is 3.21. The highest BCUT2D eigenvalue weighted by Gasteiger charge is 2.39. The normalized spacial score (nSPS) is 33.4. The lowest BCUT2D eigenvalue weighted by Gasteiger charge is -2.46. The zero-order chi connectivity index (χ0) is 11.0. The summed E-state index contributed by atoms with van der Waals surface area (Å²) in [6.07, 6.45) is 3.09. The minimum Gasteiger partial charge on any atom is -0.393 e. The van der Waals surface area contributed by atoms with Crippen molar-refractivity contribution in [3.63, 3.8) is 0 Å². The second kappa shape index (κ2) is 3.80. The lowest BCUT2D eigenvalue weighted by Crippen LogP contribution is -2.55. The van der Waals surface area contributed by atoms with Crippen LogP contribution in [0.4, 0.5) is 0 Å². The molecule has 0 bridgehead atoms. The van der Waals surface area contributed by atoms with Crippen LogP contribution in [0.2, 0.25) is 0 Å². The summed E-state index contributed by atoms with van der Waals surface area (Å²) in [4.78, 5) is 0. The molecule has 1 fully saturated rings. The zero-order valence-corrected chi connectivity index (χ0v) is 9.75. The van der Waals surface area contributed by atoms with E-state index in [2.05, 4.69) is 0 Å². The molecule has 0 aromatic carbocycles. The molecule has 0 saturated carbocycles. The van der Waals surface area contributed by atoms with Crippen molar-refractivity contribution in [2.75, 3.05) is 0 Å². The molecule has 1 aliphatic rings. The molecule has 1 rings (SSSR count). The molecule has 0 radical (unpaired) electrons. The van der Waals surface area contributed by atoms with Crippen LogP contribution >= 0.6 is 0 Å². The first-order valence-corrected chi connectivity index (χ1v) is 5.43. The molecular weight excluding hydrogens is 178 g/mol. The van der Waals surface area contributed by atoms with Gasteiger partial charge in [-0.25, -0.2) is 0 Å². The van der Waals surface area contributed by atoms with E-state index in [0.29, 0.717) is 6.42 Å². The van der Waals surface area contributed by atoms with Gasteiger partial charge in [0, 0.05) is 11.1 Å². The van der Waals surface area contributed by atoms with Crippen molar-refractivity contribution in [2.45, 2.75) is 70.6 Å². The van der Waals surface area contributed by atoms with E-state index in [1.165, 1.54) is 5.06 Å². The number of hydroxylamine groups is 2. The number of nitrogens with zero attached hydrogens (tertiary/aromatic N) is 1. The van der Waals surface area contributed by atoms with Gasteiger partial charge in [-0.1, -0.05) is 0 Å². The van der Waals surface area contributed by atoms with E-state index in [1.807, 2.05) is 27.7 Å². The van der Waals surface area contributed by atoms with E-state index >= 15 is 0 Å². The van der Waals surface area contributed by atoms with E-state index in [1.54, 1.807) is 0 Å². The van der Waals surface area contributed by atoms with Crippen molar-refractivity contribution < 1.29 is 10.3 Å². The minimum absolute atomic E-state index is 0.191. The second-order valence-corrected chi connectivity index (χ2v) is 5.69. The van der Waals surface area contributed by atoms with Crippen molar-refractivity contribution in [1.29, 1.82) is 0 Å². The maximum Gasteiger partial charge on any atom is 0.0558 e. The molecule has 1 aliphatic heterocycles. The third-order valence-corrected chi connectivity index (χ3v) is 3.21. The first-order chi connectivity index (χ1) is 6.26. The van der Waals surface area contributed by atoms with E-state index in [0.717, 1.165) is 19.3 Å². The highest BCUT2D eigenvalue weighted by molar-refractivity contribution is 4.90. The molecule has 14 heavy (non-hydrogen) atoms. The van der Waals surface area contributed by atoms with E-state index in [-0.39, 0.29) is 17.2 Å². The fourth-order valence-electron chi connectivity index (χ4n) is 2.46. The van der Waals surface area contributed by atoms with Crippen LogP contribution in [-0.2, 0) is 0 Å². The Morgan fingerprint density at radius 2 is 1.71 bits per heavy atom. The summed E-state index contributed by atoms with van der Waals surface area (Å²) in [6, 6.07) is 0. The quantitative estimate of drug-likeness (QED) is 0.631. The van der Waals surface area contributed by atoms with Crippen molar-refractivity contribution in [2.24, 2.45) is 0 Å². The molecule has 1 heterocycles. The fraction of sp³-hybridized carbons (Fsp3) is 1.00. The lowest BCUT2D eigenvalue weighted by atomic mass is 9.84. The highest BCUT2D eigenvalue weighted by Crippen LogP contribution is 2.33. The lowest BCUT2D eigenvalue weighted by molar-refractivity contribution is -0.236. The molecule has 0 aromatic rings. The SMILES string of the molecule is CC1(C)CCCC(O)CC(C)(C)N1O. The molecule has 3 heteroatoms. The van der Waals surface area contributed by atoms with E-state index in [9.17, 15) is 10.3 Å². The van der Waals surface area contributed by atoms with Crippen LogP contribution < -0.4 is 0 Å². The average Bonchev–Trinajstić information content (AvgIpc) is 2.00. The zero-order valence-electron chi connectivity index (χ0n) is 9.75. The van der Waals surface area contributed by atoms with Gasteiger partial charge in [-0.3, -0.25) is 0 Å². The first-order valence-electron chi connectivity index (χ1n) is 5.43. The summed E-state index contributed by atoms with van der Waals surface area (Å²) in [5, 5.41) is 21.2. The molecule has 0 aliphatic carbocycles. The molecule has 0 spiro atoms. The Kier molecular flexibility index (Phi) is 3.24. The maximum absolute atomic E-state index is 10.1. The molecule has 1 atom stereocenters. The van der Waals surface area contributed by atoms with Gasteiger partial charge in [0.25, 0.3) is 0 Å². The van der Waals surface area contributed by atoms with Gasteiger partial charge in [0.15, 0.2) is 0 Å². The Bertz CT molecular complexity index is 201. The number of aliphatic hydroxyl groups is 1. The van der Waals surface area contributed by atoms with Crippen molar-refractivity contribution in [3.05, 3.63) is 0 Å². The third kappa shape index (κ3) is 2.47. The number of hydrogen-bond donors (Lipinski definition) is 2. The topological polar surface area (TPSA) is 43.7 Å². The highest BCUT2D eigenvalue weighted by atomic mass is 16.5. The Hall–Kier alpha value is -0.120. The smallest absolute Gasteiger partial charge is 0.0558 e. The van der Waals surface area contributed by atoms with Gasteiger partial charge in [0.2, 0.25) is 0 Å². The molecule has 0 amide bonds. The van der Waals surface area contributed by atoms with Crippen LogP contribution in [0.5, 0.6) is 0 Å². The largest absolute Gasteiger partial charge is 0.393 e. The summed E-state index contributed by atoms with van der Waals surface area (Å²) < 4.78 is 0. The standard InChI is InChI=1S/C11H23NO2/c1-10(2)7-5-6-9(13)8-11(3,4)12(10)14/h9,13-14H,5-8H2,1-4H3. The van der Waals surface area contributed by atoms with Gasteiger partial charge in [-0.15, -0.1) is 0 Å². The van der Waals surface area contributed by atoms with E-state index in [4.69, 9.17) is 0 Å². The minimum atomic E-state index is -0.344. The van der Waals surface area contributed by atoms with Crippen molar-refractivity contribution >= 4 is 0 Å². The van der Waals surface area contributed by atoms with E-state index < -0.39 is 0 Å². The summed E-state index contributed by atoms with van der Waals surface area (Å²) in [7, 11) is 0. The summed E-state index contributed by atoms with van der Waals surface area (Å²) in [5.74, 6) is 0. The van der Waals surface area contributed by atoms with Crippen LogP contribution in [0.25, 0.3) is 0 Å². The average molecular weight is 201 g/mol. The van der Waals surface area contributed by atoms with Crippen LogP contribution in [0.15, 0.2) is 0 Å². The van der Waals surface area contributed by atoms with Crippen LogP contribution in [-0.4, -0.2) is 32.6 Å². The van der Waals surface area contributed by atoms with Gasteiger partial charge in [0.1, 0.15) is 0 Å². The molecule has 0 aromatic heterocycles. The molecule has 2 N–H and O–H groups in total. The summed E-state index contributed by atoms with van der Waals surface area (Å²) >= 11 is 0. The van der Waals surface area contributed by atoms with Crippen LogP contribution in [0.1, 0.15) is 53.4 Å². The first kappa shape index (κ1) is 12.0. The van der Waals surface area contributed by atoms with Crippen LogP contribution in [0.3, 0.4) is 0 Å². The van der Waals surface area contributed by atoms with Gasteiger partial charge in [-0.05, 0) is 53.4 Å². The Morgan fingerprint density at radius 3 is 2.29 bits per heavy atom. The summed E-state index contributed by atoms with van der Waals surface area (Å²) in [6.45, 7) is 8.05. The predicted molar refractivity (Wildman–Crippen MR) is 56.3 cm³/mol. The Labute approximate surface area is 86.7 Å². The molecule has 1 saturated heterocycles. The Balaban J connectivity index is 2.82. The fourth-order valence-corrected chi connectivity index (χ4v) is 2.46. The van der Waals surface area contributed by atoms with Crippen LogP contribution in [0, 0.1) is 0 Å². The predicted octanol–water partition coefficient (Wildman–Crippen LogP) is 2.17. The molecular formula is C11H23NO2. The van der Waals surface area contributed by atoms with Gasteiger partial charge >= 0.3 is 0 Å². The second-order valence-electron chi connectivity index (χ2n) is 5.69. The van der Waals surface area contributed by atoms with Gasteiger partial charge < -0.3 is 10.3 Å².